The Bertz CT molecular complexity index is 405. The quantitative estimate of drug-likeness (QED) is 0.931. The fourth-order valence-corrected chi connectivity index (χ4v) is 2.56. The van der Waals surface area contributed by atoms with Crippen molar-refractivity contribution in [3.8, 4) is 0 Å². The van der Waals surface area contributed by atoms with Crippen LogP contribution >= 0.6 is 15.9 Å². The van der Waals surface area contributed by atoms with Crippen molar-refractivity contribution in [3.05, 3.63) is 34.3 Å². The predicted octanol–water partition coefficient (Wildman–Crippen LogP) is 2.33. The fourth-order valence-electron chi connectivity index (χ4n) is 2.30. The first kappa shape index (κ1) is 13.6. The topological polar surface area (TPSA) is 46.3 Å². The highest BCUT2D eigenvalue weighted by Gasteiger charge is 2.20. The number of piperidine rings is 1. The Balaban J connectivity index is 1.82. The third-order valence-electron chi connectivity index (χ3n) is 3.35. The Kier molecular flexibility index (Phi) is 4.78. The number of hydrogen-bond acceptors (Lipinski definition) is 2. The van der Waals surface area contributed by atoms with E-state index in [1.807, 2.05) is 17.0 Å². The molecule has 18 heavy (non-hydrogen) atoms. The van der Waals surface area contributed by atoms with Crippen LogP contribution < -0.4 is 5.73 Å². The van der Waals surface area contributed by atoms with Crippen LogP contribution in [0.2, 0.25) is 0 Å². The molecule has 1 atom stereocenters. The molecule has 0 radical (unpaired) electrons. The molecule has 2 rings (SSSR count). The molecule has 0 bridgehead atoms. The molecule has 2 N–H and O–H groups in total. The molecule has 1 aliphatic heterocycles. The maximum Gasteiger partial charge on any atom is 0.222 e. The molecule has 1 saturated heterocycles. The summed E-state index contributed by atoms with van der Waals surface area (Å²) in [5.74, 6) is 0.230. The van der Waals surface area contributed by atoms with E-state index in [0.29, 0.717) is 6.42 Å². The molecule has 98 valence electrons. The van der Waals surface area contributed by atoms with Crippen molar-refractivity contribution in [2.45, 2.75) is 31.7 Å². The van der Waals surface area contributed by atoms with Crippen molar-refractivity contribution in [1.29, 1.82) is 0 Å². The van der Waals surface area contributed by atoms with Crippen LogP contribution in [-0.2, 0) is 11.2 Å². The fraction of sp³-hybridized carbons (Fsp3) is 0.500. The number of likely N-dealkylation sites (tertiary alicyclic amines) is 1. The molecule has 1 fully saturated rings. The minimum Gasteiger partial charge on any atom is -0.341 e. The van der Waals surface area contributed by atoms with Gasteiger partial charge in [-0.3, -0.25) is 4.79 Å². The van der Waals surface area contributed by atoms with Crippen molar-refractivity contribution in [2.24, 2.45) is 5.73 Å². The highest BCUT2D eigenvalue weighted by atomic mass is 79.9. The monoisotopic (exact) mass is 310 g/mol. The maximum absolute atomic E-state index is 12.0. The number of carbonyl (C=O) groups is 1. The smallest absolute Gasteiger partial charge is 0.222 e. The summed E-state index contributed by atoms with van der Waals surface area (Å²) in [7, 11) is 0. The first-order valence-corrected chi connectivity index (χ1v) is 7.22. The molecule has 0 saturated carbocycles. The lowest BCUT2D eigenvalue weighted by molar-refractivity contribution is -0.132. The van der Waals surface area contributed by atoms with Gasteiger partial charge in [-0.2, -0.15) is 0 Å². The molecular weight excluding hydrogens is 292 g/mol. The summed E-state index contributed by atoms with van der Waals surface area (Å²) < 4.78 is 1.07. The Hall–Kier alpha value is -0.870. The van der Waals surface area contributed by atoms with Crippen molar-refractivity contribution in [3.63, 3.8) is 0 Å². The van der Waals surface area contributed by atoms with Gasteiger partial charge < -0.3 is 10.6 Å². The van der Waals surface area contributed by atoms with Gasteiger partial charge in [0.05, 0.1) is 0 Å². The van der Waals surface area contributed by atoms with Crippen LogP contribution in [0.3, 0.4) is 0 Å². The van der Waals surface area contributed by atoms with Crippen molar-refractivity contribution < 1.29 is 4.79 Å². The summed E-state index contributed by atoms with van der Waals surface area (Å²) in [5, 5.41) is 0. The molecule has 1 amide bonds. The molecule has 1 aliphatic rings. The van der Waals surface area contributed by atoms with Crippen LogP contribution in [0.4, 0.5) is 0 Å². The zero-order valence-corrected chi connectivity index (χ0v) is 12.0. The summed E-state index contributed by atoms with van der Waals surface area (Å²) >= 11 is 3.41. The number of nitrogens with zero attached hydrogens (tertiary/aromatic N) is 1. The lowest BCUT2D eigenvalue weighted by Gasteiger charge is -2.30. The van der Waals surface area contributed by atoms with E-state index in [-0.39, 0.29) is 11.9 Å². The minimum atomic E-state index is 0.162. The molecule has 0 aliphatic carbocycles. The van der Waals surface area contributed by atoms with E-state index < -0.39 is 0 Å². The van der Waals surface area contributed by atoms with Gasteiger partial charge in [0, 0.05) is 30.0 Å². The zero-order chi connectivity index (χ0) is 13.0. The van der Waals surface area contributed by atoms with Crippen LogP contribution in [0.1, 0.15) is 24.8 Å². The molecule has 1 heterocycles. The molecule has 1 unspecified atom stereocenters. The number of aryl methyl sites for hydroxylation is 1. The van der Waals surface area contributed by atoms with Crippen molar-refractivity contribution >= 4 is 21.8 Å². The van der Waals surface area contributed by atoms with Crippen LogP contribution in [0, 0.1) is 0 Å². The number of benzene rings is 1. The van der Waals surface area contributed by atoms with Gasteiger partial charge in [0.25, 0.3) is 0 Å². The van der Waals surface area contributed by atoms with Gasteiger partial charge in [-0.05, 0) is 37.0 Å². The highest BCUT2D eigenvalue weighted by molar-refractivity contribution is 9.10. The minimum absolute atomic E-state index is 0.162. The summed E-state index contributed by atoms with van der Waals surface area (Å²) in [6.07, 6.45) is 3.45. The van der Waals surface area contributed by atoms with Crippen molar-refractivity contribution in [1.82, 2.24) is 4.90 Å². The van der Waals surface area contributed by atoms with E-state index in [1.165, 1.54) is 5.56 Å². The van der Waals surface area contributed by atoms with Gasteiger partial charge in [0.15, 0.2) is 0 Å². The molecule has 1 aromatic rings. The summed E-state index contributed by atoms with van der Waals surface area (Å²) in [4.78, 5) is 14.0. The van der Waals surface area contributed by atoms with Crippen molar-refractivity contribution in [2.75, 3.05) is 13.1 Å². The van der Waals surface area contributed by atoms with Crippen LogP contribution in [0.5, 0.6) is 0 Å². The summed E-state index contributed by atoms with van der Waals surface area (Å²) in [6.45, 7) is 1.59. The largest absolute Gasteiger partial charge is 0.341 e. The molecule has 3 nitrogen and oxygen atoms in total. The number of hydrogen-bond donors (Lipinski definition) is 1. The van der Waals surface area contributed by atoms with Gasteiger partial charge in [0.1, 0.15) is 0 Å². The second-order valence-electron chi connectivity index (χ2n) is 4.87. The van der Waals surface area contributed by atoms with E-state index >= 15 is 0 Å². The number of amides is 1. The SMILES string of the molecule is NC1CCCN(C(=O)CCc2ccc(Br)cc2)C1. The Labute approximate surface area is 116 Å². The van der Waals surface area contributed by atoms with Gasteiger partial charge in [-0.25, -0.2) is 0 Å². The Morgan fingerprint density at radius 3 is 2.78 bits per heavy atom. The summed E-state index contributed by atoms with van der Waals surface area (Å²) in [5.41, 5.74) is 7.09. The first-order chi connectivity index (χ1) is 8.65. The van der Waals surface area contributed by atoms with E-state index in [0.717, 1.165) is 36.8 Å². The Morgan fingerprint density at radius 1 is 1.39 bits per heavy atom. The highest BCUT2D eigenvalue weighted by Crippen LogP contribution is 2.14. The molecule has 4 heteroatoms. The second kappa shape index (κ2) is 6.34. The molecule has 0 aromatic heterocycles. The van der Waals surface area contributed by atoms with Gasteiger partial charge >= 0.3 is 0 Å². The summed E-state index contributed by atoms with van der Waals surface area (Å²) in [6, 6.07) is 8.29. The third kappa shape index (κ3) is 3.82. The molecular formula is C14H19BrN2O. The second-order valence-corrected chi connectivity index (χ2v) is 5.78. The maximum atomic E-state index is 12.0. The average Bonchev–Trinajstić information content (AvgIpc) is 2.38. The average molecular weight is 311 g/mol. The molecule has 1 aromatic carbocycles. The van der Waals surface area contributed by atoms with E-state index in [9.17, 15) is 4.79 Å². The lowest BCUT2D eigenvalue weighted by Crippen LogP contribution is -2.45. The van der Waals surface area contributed by atoms with Gasteiger partial charge in [-0.15, -0.1) is 0 Å². The first-order valence-electron chi connectivity index (χ1n) is 6.43. The number of halogens is 1. The predicted molar refractivity (Wildman–Crippen MR) is 76.3 cm³/mol. The van der Waals surface area contributed by atoms with Crippen LogP contribution in [0.15, 0.2) is 28.7 Å². The number of carbonyl (C=O) groups excluding carboxylic acids is 1. The van der Waals surface area contributed by atoms with Crippen LogP contribution in [0.25, 0.3) is 0 Å². The molecule has 0 spiro atoms. The standard InChI is InChI=1S/C14H19BrN2O/c15-12-6-3-11(4-7-12)5-8-14(18)17-9-1-2-13(16)10-17/h3-4,6-7,13H,1-2,5,8-10,16H2. The lowest BCUT2D eigenvalue weighted by atomic mass is 10.0. The normalized spacial score (nSPS) is 19.9. The number of nitrogens with two attached hydrogens (primary N) is 1. The van der Waals surface area contributed by atoms with Crippen LogP contribution in [-0.4, -0.2) is 29.9 Å². The van der Waals surface area contributed by atoms with E-state index in [4.69, 9.17) is 5.73 Å². The van der Waals surface area contributed by atoms with Gasteiger partial charge in [0.2, 0.25) is 5.91 Å². The van der Waals surface area contributed by atoms with E-state index in [1.54, 1.807) is 0 Å². The van der Waals surface area contributed by atoms with E-state index in [2.05, 4.69) is 28.1 Å². The zero-order valence-electron chi connectivity index (χ0n) is 10.4. The number of rotatable bonds is 3. The van der Waals surface area contributed by atoms with Gasteiger partial charge in [-0.1, -0.05) is 28.1 Å². The Morgan fingerprint density at radius 2 is 2.11 bits per heavy atom. The third-order valence-corrected chi connectivity index (χ3v) is 3.88.